The van der Waals surface area contributed by atoms with Crippen molar-refractivity contribution in [1.29, 1.82) is 0 Å². The number of phenolic OH excluding ortho intramolecular Hbond substituents is 1. The number of hydroxylamine groups is 4. The van der Waals surface area contributed by atoms with Crippen LogP contribution in [0.4, 0.5) is 0 Å². The minimum absolute atomic E-state index is 0.00160. The van der Waals surface area contributed by atoms with E-state index < -0.39 is 59.7 Å². The number of amides is 4. The number of aromatic hydroxyl groups is 1. The molecule has 5 atom stereocenters. The van der Waals surface area contributed by atoms with Crippen molar-refractivity contribution < 1.29 is 49.0 Å². The van der Waals surface area contributed by atoms with Crippen LogP contribution in [0.15, 0.2) is 35.3 Å². The molecule has 0 aromatic heterocycles. The Bertz CT molecular complexity index is 1600. The van der Waals surface area contributed by atoms with Crippen LogP contribution in [0.1, 0.15) is 167 Å². The summed E-state index contributed by atoms with van der Waals surface area (Å²) in [5, 5.41) is 37.5. The van der Waals surface area contributed by atoms with Crippen molar-refractivity contribution in [1.82, 2.24) is 20.8 Å². The van der Waals surface area contributed by atoms with E-state index in [0.717, 1.165) is 19.3 Å². The van der Waals surface area contributed by atoms with E-state index in [0.29, 0.717) is 53.4 Å². The van der Waals surface area contributed by atoms with Gasteiger partial charge in [-0.15, -0.1) is 0 Å². The highest BCUT2D eigenvalue weighted by molar-refractivity contribution is 6.01. The zero-order chi connectivity index (χ0) is 45.3. The SMILES string of the molecule is CCCCCCCCCCCCCCC/C=C/C(=O)N(O)CCCCC(NC(=O)C1COC(c2c(C)cccc2O)=N1)C(=O)OC(CC)C(C)C(=O)NC1CCCCN(O)C1=O. The molecule has 0 spiro atoms. The fourth-order valence-corrected chi connectivity index (χ4v) is 7.76. The van der Waals surface area contributed by atoms with Gasteiger partial charge in [0, 0.05) is 19.2 Å². The lowest BCUT2D eigenvalue weighted by molar-refractivity contribution is -0.167. The van der Waals surface area contributed by atoms with Gasteiger partial charge in [-0.05, 0) is 76.3 Å². The Balaban J connectivity index is 1.51. The standard InChI is InChI=1S/C47H75N5O10/c1-5-7-8-9-10-11-12-13-14-15-16-17-18-19-20-30-41(54)51(59)31-23-22-28-37(49-44(56)38-33-61-45(50-38)42-34(3)26-25-29-39(42)53)47(58)62-40(6-2)35(4)43(55)48-36-27-21-24-32-52(60)46(36)57/h20,25-26,29-30,35-38,40,53,59-60H,5-19,21-24,27-28,31-33H2,1-4H3,(H,48,55)(H,49,56)/b30-20+. The van der Waals surface area contributed by atoms with Gasteiger partial charge in [0.05, 0.1) is 11.5 Å². The Kier molecular flexibility index (Phi) is 24.2. The average molecular weight is 870 g/mol. The Morgan fingerprint density at radius 2 is 1.63 bits per heavy atom. The molecule has 1 aromatic rings. The molecule has 5 unspecified atom stereocenters. The van der Waals surface area contributed by atoms with Crippen molar-refractivity contribution in [2.24, 2.45) is 10.9 Å². The number of ether oxygens (including phenoxy) is 2. The van der Waals surface area contributed by atoms with E-state index in [4.69, 9.17) is 9.47 Å². The van der Waals surface area contributed by atoms with Gasteiger partial charge in [-0.25, -0.2) is 19.9 Å². The van der Waals surface area contributed by atoms with Crippen LogP contribution in [0.25, 0.3) is 0 Å². The molecule has 5 N–H and O–H groups in total. The van der Waals surface area contributed by atoms with Gasteiger partial charge in [0.15, 0.2) is 6.04 Å². The van der Waals surface area contributed by atoms with Crippen molar-refractivity contribution in [2.75, 3.05) is 19.7 Å². The number of unbranched alkanes of at least 4 members (excludes halogenated alkanes) is 14. The van der Waals surface area contributed by atoms with Gasteiger partial charge in [0.2, 0.25) is 17.7 Å². The lowest BCUT2D eigenvalue weighted by Gasteiger charge is -2.27. The first-order valence-electron chi connectivity index (χ1n) is 23.4. The molecule has 4 amide bonds. The van der Waals surface area contributed by atoms with Crippen LogP contribution in [-0.4, -0.2) is 105 Å². The van der Waals surface area contributed by atoms with Crippen molar-refractivity contribution >= 4 is 35.5 Å². The molecule has 0 saturated carbocycles. The van der Waals surface area contributed by atoms with Crippen molar-refractivity contribution in [3.05, 3.63) is 41.5 Å². The number of hydrogen-bond donors (Lipinski definition) is 5. The van der Waals surface area contributed by atoms with Crippen LogP contribution < -0.4 is 10.6 Å². The maximum Gasteiger partial charge on any atom is 0.328 e. The number of hydrogen-bond acceptors (Lipinski definition) is 11. The number of nitrogens with one attached hydrogen (secondary N) is 2. The summed E-state index contributed by atoms with van der Waals surface area (Å²) in [7, 11) is 0. The third-order valence-electron chi connectivity index (χ3n) is 11.7. The number of nitrogens with zero attached hydrogens (tertiary/aromatic N) is 3. The van der Waals surface area contributed by atoms with E-state index in [9.17, 15) is 39.5 Å². The van der Waals surface area contributed by atoms with Crippen LogP contribution in [0, 0.1) is 12.8 Å². The number of aliphatic imine (C=N–C) groups is 1. The van der Waals surface area contributed by atoms with Crippen molar-refractivity contribution in [3.63, 3.8) is 0 Å². The molecule has 3 rings (SSSR count). The fourth-order valence-electron chi connectivity index (χ4n) is 7.76. The summed E-state index contributed by atoms with van der Waals surface area (Å²) in [6, 6.07) is 1.85. The fraction of sp³-hybridized carbons (Fsp3) is 0.702. The summed E-state index contributed by atoms with van der Waals surface area (Å²) in [6.45, 7) is 7.41. The molecule has 0 radical (unpaired) electrons. The van der Waals surface area contributed by atoms with Gasteiger partial charge in [-0.1, -0.05) is 116 Å². The second kappa shape index (κ2) is 29.0. The van der Waals surface area contributed by atoms with E-state index in [2.05, 4.69) is 22.5 Å². The van der Waals surface area contributed by atoms with Gasteiger partial charge in [0.1, 0.15) is 30.5 Å². The first kappa shape index (κ1) is 51.8. The molecule has 2 aliphatic rings. The second-order valence-electron chi connectivity index (χ2n) is 16.9. The number of phenols is 1. The smallest absolute Gasteiger partial charge is 0.328 e. The van der Waals surface area contributed by atoms with Crippen LogP contribution >= 0.6 is 0 Å². The van der Waals surface area contributed by atoms with Crippen LogP contribution in [-0.2, 0) is 33.4 Å². The molecule has 348 valence electrons. The molecule has 0 aliphatic carbocycles. The van der Waals surface area contributed by atoms with E-state index >= 15 is 0 Å². The second-order valence-corrected chi connectivity index (χ2v) is 16.9. The highest BCUT2D eigenvalue weighted by Gasteiger charge is 2.36. The molecule has 1 fully saturated rings. The molecule has 0 bridgehead atoms. The Hall–Kier alpha value is -4.50. The van der Waals surface area contributed by atoms with Gasteiger partial charge >= 0.3 is 5.97 Å². The summed E-state index contributed by atoms with van der Waals surface area (Å²) in [6.07, 6.45) is 22.0. The lowest BCUT2D eigenvalue weighted by atomic mass is 10.00. The summed E-state index contributed by atoms with van der Waals surface area (Å²) < 4.78 is 11.5. The minimum atomic E-state index is -1.17. The zero-order valence-electron chi connectivity index (χ0n) is 37.8. The number of rotatable bonds is 29. The van der Waals surface area contributed by atoms with Gasteiger partial charge < -0.3 is 25.2 Å². The van der Waals surface area contributed by atoms with E-state index in [1.807, 2.05) is 0 Å². The Labute approximate surface area is 369 Å². The lowest BCUT2D eigenvalue weighted by Crippen LogP contribution is -2.50. The molecule has 15 nitrogen and oxygen atoms in total. The number of benzene rings is 1. The molecule has 1 saturated heterocycles. The number of carbonyl (C=O) groups is 5. The van der Waals surface area contributed by atoms with Gasteiger partial charge in [-0.2, -0.15) is 0 Å². The average Bonchev–Trinajstić information content (AvgIpc) is 3.69. The molecular weight excluding hydrogens is 795 g/mol. The molecule has 62 heavy (non-hydrogen) atoms. The minimum Gasteiger partial charge on any atom is -0.507 e. The predicted molar refractivity (Wildman–Crippen MR) is 236 cm³/mol. The van der Waals surface area contributed by atoms with Gasteiger partial charge in [0.25, 0.3) is 11.8 Å². The number of allylic oxidation sites excluding steroid dienone is 1. The van der Waals surface area contributed by atoms with Crippen molar-refractivity contribution in [3.8, 4) is 5.75 Å². The maximum absolute atomic E-state index is 13.8. The third kappa shape index (κ3) is 18.1. The molecule has 1 aromatic carbocycles. The van der Waals surface area contributed by atoms with Crippen molar-refractivity contribution in [2.45, 2.75) is 187 Å². The number of esters is 1. The summed E-state index contributed by atoms with van der Waals surface area (Å²) in [5.41, 5.74) is 1.07. The summed E-state index contributed by atoms with van der Waals surface area (Å²) in [5.74, 6) is -3.86. The normalized spacial score (nSPS) is 18.1. The monoisotopic (exact) mass is 870 g/mol. The Morgan fingerprint density at radius 3 is 2.27 bits per heavy atom. The maximum atomic E-state index is 13.8. The zero-order valence-corrected chi connectivity index (χ0v) is 37.8. The number of aryl methyl sites for hydroxylation is 1. The first-order valence-corrected chi connectivity index (χ1v) is 23.4. The predicted octanol–water partition coefficient (Wildman–Crippen LogP) is 7.60. The quantitative estimate of drug-likeness (QED) is 0.0175. The molecule has 2 aliphatic heterocycles. The molecule has 2 heterocycles. The van der Waals surface area contributed by atoms with Crippen LogP contribution in [0.2, 0.25) is 0 Å². The topological polar surface area (TPSA) is 207 Å². The molecule has 15 heteroatoms. The summed E-state index contributed by atoms with van der Waals surface area (Å²) >= 11 is 0. The highest BCUT2D eigenvalue weighted by atomic mass is 16.5. The third-order valence-corrected chi connectivity index (χ3v) is 11.7. The molecular formula is C47H75N5O10. The Morgan fingerprint density at radius 1 is 0.968 bits per heavy atom. The largest absolute Gasteiger partial charge is 0.507 e. The van der Waals surface area contributed by atoms with Gasteiger partial charge in [-0.3, -0.25) is 29.6 Å². The van der Waals surface area contributed by atoms with E-state index in [-0.39, 0.29) is 44.2 Å². The first-order chi connectivity index (χ1) is 29.9. The van der Waals surface area contributed by atoms with E-state index in [1.54, 1.807) is 39.0 Å². The summed E-state index contributed by atoms with van der Waals surface area (Å²) in [4.78, 5) is 70.1. The van der Waals surface area contributed by atoms with Crippen LogP contribution in [0.5, 0.6) is 5.75 Å². The van der Waals surface area contributed by atoms with E-state index in [1.165, 1.54) is 82.8 Å². The number of carbonyl (C=O) groups excluding carboxylic acids is 5. The van der Waals surface area contributed by atoms with Crippen LogP contribution in [0.3, 0.4) is 0 Å². The highest BCUT2D eigenvalue weighted by Crippen LogP contribution is 2.25.